The van der Waals surface area contributed by atoms with Gasteiger partial charge in [-0.3, -0.25) is 0 Å². The van der Waals surface area contributed by atoms with Crippen LogP contribution in [0.5, 0.6) is 0 Å². The fraction of sp³-hybridized carbons (Fsp3) is 0.125. The van der Waals surface area contributed by atoms with Crippen molar-refractivity contribution < 1.29 is 8.42 Å². The third-order valence-corrected chi connectivity index (χ3v) is 6.19. The Labute approximate surface area is 147 Å². The summed E-state index contributed by atoms with van der Waals surface area (Å²) in [7, 11) is -3.42. The molecule has 0 amide bonds. The highest BCUT2D eigenvalue weighted by molar-refractivity contribution is 7.90. The molecule has 0 unspecified atom stereocenters. The molecule has 4 aromatic rings. The Morgan fingerprint density at radius 3 is 2.71 bits per heavy atom. The van der Waals surface area contributed by atoms with E-state index in [0.29, 0.717) is 12.1 Å². The number of sulfone groups is 1. The number of hydrogen-bond donors (Lipinski definition) is 0. The summed E-state index contributed by atoms with van der Waals surface area (Å²) in [4.78, 5) is 8.93. The maximum Gasteiger partial charge on any atom is 0.228 e. The minimum Gasteiger partial charge on any atom is -0.309 e. The number of thiophene rings is 1. The van der Waals surface area contributed by atoms with Gasteiger partial charge in [0.25, 0.3) is 0 Å². The highest BCUT2D eigenvalue weighted by Crippen LogP contribution is 2.27. The molecule has 3 heterocycles. The molecule has 0 fully saturated rings. The Balaban J connectivity index is 1.79. The van der Waals surface area contributed by atoms with Gasteiger partial charge in [0.1, 0.15) is 5.01 Å². The van der Waals surface area contributed by atoms with Gasteiger partial charge in [-0.05, 0) is 23.6 Å². The number of imidazole rings is 1. The van der Waals surface area contributed by atoms with Gasteiger partial charge in [0.15, 0.2) is 0 Å². The van der Waals surface area contributed by atoms with Gasteiger partial charge < -0.3 is 4.57 Å². The number of nitrogens with zero attached hydrogens (tertiary/aromatic N) is 3. The Kier molecular flexibility index (Phi) is 3.75. The van der Waals surface area contributed by atoms with Crippen LogP contribution in [0.15, 0.2) is 51.6 Å². The monoisotopic (exact) mass is 375 g/mol. The van der Waals surface area contributed by atoms with Crippen LogP contribution < -0.4 is 0 Å². The lowest BCUT2D eigenvalue weighted by molar-refractivity contribution is 0.580. The molecule has 3 aromatic heterocycles. The van der Waals surface area contributed by atoms with Crippen molar-refractivity contribution in [2.45, 2.75) is 11.7 Å². The van der Waals surface area contributed by atoms with E-state index in [1.165, 1.54) is 6.26 Å². The van der Waals surface area contributed by atoms with Crippen LogP contribution in [0.25, 0.3) is 21.6 Å². The summed E-state index contributed by atoms with van der Waals surface area (Å²) in [6.45, 7) is 0.379. The van der Waals surface area contributed by atoms with E-state index in [9.17, 15) is 8.42 Å². The molecule has 0 aliphatic rings. The van der Waals surface area contributed by atoms with Crippen molar-refractivity contribution in [2.75, 3.05) is 6.26 Å². The third-order valence-electron chi connectivity index (χ3n) is 3.59. The molecular weight excluding hydrogens is 362 g/mol. The summed E-state index contributed by atoms with van der Waals surface area (Å²) in [5, 5.41) is 7.05. The van der Waals surface area contributed by atoms with E-state index < -0.39 is 9.84 Å². The lowest BCUT2D eigenvalue weighted by Gasteiger charge is -2.05. The zero-order chi connectivity index (χ0) is 16.7. The second kappa shape index (κ2) is 5.80. The van der Waals surface area contributed by atoms with E-state index >= 15 is 0 Å². The molecule has 0 aliphatic carbocycles. The highest BCUT2D eigenvalue weighted by Gasteiger charge is 2.20. The molecule has 0 saturated carbocycles. The van der Waals surface area contributed by atoms with Crippen LogP contribution in [0.3, 0.4) is 0 Å². The topological polar surface area (TPSA) is 64.8 Å². The van der Waals surface area contributed by atoms with E-state index in [1.54, 1.807) is 27.2 Å². The van der Waals surface area contributed by atoms with Crippen molar-refractivity contribution in [1.29, 1.82) is 0 Å². The van der Waals surface area contributed by atoms with E-state index in [0.717, 1.165) is 21.8 Å². The molecule has 122 valence electrons. The smallest absolute Gasteiger partial charge is 0.228 e. The second-order valence-electron chi connectivity index (χ2n) is 5.40. The van der Waals surface area contributed by atoms with Crippen molar-refractivity contribution in [1.82, 2.24) is 14.5 Å². The molecule has 0 aliphatic heterocycles. The predicted octanol–water partition coefficient (Wildman–Crippen LogP) is 3.67. The van der Waals surface area contributed by atoms with E-state index in [-0.39, 0.29) is 5.16 Å². The van der Waals surface area contributed by atoms with E-state index in [2.05, 4.69) is 15.3 Å². The van der Waals surface area contributed by atoms with Gasteiger partial charge in [0.2, 0.25) is 15.0 Å². The second-order valence-corrected chi connectivity index (χ2v) is 8.95. The molecule has 0 N–H and O–H groups in total. The fourth-order valence-corrected chi connectivity index (χ4v) is 4.90. The first-order valence-corrected chi connectivity index (χ1v) is 10.9. The van der Waals surface area contributed by atoms with Crippen LogP contribution in [0, 0.1) is 0 Å². The van der Waals surface area contributed by atoms with Crippen LogP contribution in [-0.2, 0) is 16.4 Å². The van der Waals surface area contributed by atoms with Crippen molar-refractivity contribution in [3.8, 4) is 10.6 Å². The quantitative estimate of drug-likeness (QED) is 0.546. The van der Waals surface area contributed by atoms with Gasteiger partial charge in [-0.15, -0.1) is 11.3 Å². The van der Waals surface area contributed by atoms with Crippen LogP contribution in [0.2, 0.25) is 0 Å². The lowest BCUT2D eigenvalue weighted by atomic mass is 10.3. The van der Waals surface area contributed by atoms with Crippen LogP contribution in [0.1, 0.15) is 5.69 Å². The summed E-state index contributed by atoms with van der Waals surface area (Å²) in [6, 6.07) is 9.46. The summed E-state index contributed by atoms with van der Waals surface area (Å²) in [5.41, 5.74) is 3.39. The number of thiazole rings is 1. The molecule has 0 radical (unpaired) electrons. The van der Waals surface area contributed by atoms with Crippen molar-refractivity contribution >= 4 is 43.5 Å². The van der Waals surface area contributed by atoms with Gasteiger partial charge in [0.05, 0.1) is 23.3 Å². The maximum atomic E-state index is 12.1. The van der Waals surface area contributed by atoms with Crippen molar-refractivity contribution in [2.24, 2.45) is 0 Å². The van der Waals surface area contributed by atoms with Gasteiger partial charge in [-0.2, -0.15) is 11.3 Å². The molecular formula is C16H13N3O2S3. The Morgan fingerprint density at radius 2 is 1.96 bits per heavy atom. The largest absolute Gasteiger partial charge is 0.309 e. The summed E-state index contributed by atoms with van der Waals surface area (Å²) >= 11 is 3.19. The minimum absolute atomic E-state index is 0.0776. The average Bonchev–Trinajstić information content (AvgIpc) is 3.26. The number of rotatable bonds is 4. The molecule has 0 spiro atoms. The Hall–Kier alpha value is -2.03. The molecule has 24 heavy (non-hydrogen) atoms. The fourth-order valence-electron chi connectivity index (χ4n) is 2.55. The van der Waals surface area contributed by atoms with Crippen LogP contribution in [0.4, 0.5) is 0 Å². The maximum absolute atomic E-state index is 12.1. The Bertz CT molecular complexity index is 1110. The normalized spacial score (nSPS) is 12.0. The summed E-state index contributed by atoms with van der Waals surface area (Å²) in [5.74, 6) is 0. The van der Waals surface area contributed by atoms with Crippen LogP contribution in [-0.4, -0.2) is 29.2 Å². The average molecular weight is 376 g/mol. The van der Waals surface area contributed by atoms with E-state index in [1.807, 2.05) is 41.1 Å². The molecule has 0 bridgehead atoms. The molecule has 1 aromatic carbocycles. The zero-order valence-corrected chi connectivity index (χ0v) is 15.2. The Morgan fingerprint density at radius 1 is 1.12 bits per heavy atom. The first-order chi connectivity index (χ1) is 11.5. The van der Waals surface area contributed by atoms with Gasteiger partial charge in [-0.25, -0.2) is 18.4 Å². The molecule has 8 heteroatoms. The highest BCUT2D eigenvalue weighted by atomic mass is 32.2. The molecule has 0 saturated heterocycles. The SMILES string of the molecule is CS(=O)(=O)c1nc2ccccc2n1Cc1csc(-c2ccsc2)n1. The summed E-state index contributed by atoms with van der Waals surface area (Å²) in [6.07, 6.45) is 1.18. The first kappa shape index (κ1) is 15.5. The zero-order valence-electron chi connectivity index (χ0n) is 12.7. The number of fused-ring (bicyclic) bond motifs is 1. The van der Waals surface area contributed by atoms with Crippen molar-refractivity contribution in [3.63, 3.8) is 0 Å². The number of hydrogen-bond acceptors (Lipinski definition) is 6. The number of aromatic nitrogens is 3. The minimum atomic E-state index is -3.42. The number of para-hydroxylation sites is 2. The van der Waals surface area contributed by atoms with Gasteiger partial charge in [0, 0.05) is 22.6 Å². The number of benzene rings is 1. The van der Waals surface area contributed by atoms with Gasteiger partial charge >= 0.3 is 0 Å². The summed E-state index contributed by atoms with van der Waals surface area (Å²) < 4.78 is 25.9. The standard InChI is InChI=1S/C16H13N3O2S3/c1-24(20,21)16-18-13-4-2-3-5-14(13)19(16)8-12-10-23-15(17-12)11-6-7-22-9-11/h2-7,9-10H,8H2,1H3. The first-order valence-electron chi connectivity index (χ1n) is 7.15. The molecule has 5 nitrogen and oxygen atoms in total. The van der Waals surface area contributed by atoms with E-state index in [4.69, 9.17) is 0 Å². The van der Waals surface area contributed by atoms with Gasteiger partial charge in [-0.1, -0.05) is 12.1 Å². The lowest BCUT2D eigenvalue weighted by Crippen LogP contribution is -2.10. The predicted molar refractivity (Wildman–Crippen MR) is 97.4 cm³/mol. The molecule has 4 rings (SSSR count). The van der Waals surface area contributed by atoms with Crippen LogP contribution >= 0.6 is 22.7 Å². The molecule has 0 atom stereocenters. The van der Waals surface area contributed by atoms with Crippen molar-refractivity contribution in [3.05, 3.63) is 52.2 Å². The third kappa shape index (κ3) is 2.77.